The molecule has 0 bridgehead atoms. The summed E-state index contributed by atoms with van der Waals surface area (Å²) in [6.45, 7) is 2.00. The number of aliphatic carboxylic acids is 1. The Kier molecular flexibility index (Phi) is 7.18. The summed E-state index contributed by atoms with van der Waals surface area (Å²) in [4.78, 5) is 24.5. The first-order valence-corrected chi connectivity index (χ1v) is 6.90. The molecule has 0 aliphatic rings. The van der Waals surface area contributed by atoms with E-state index < -0.39 is 11.9 Å². The highest BCUT2D eigenvalue weighted by Gasteiger charge is 2.18. The lowest BCUT2D eigenvalue weighted by Gasteiger charge is -2.22. The first-order chi connectivity index (χ1) is 10.0. The zero-order valence-electron chi connectivity index (χ0n) is 12.1. The Bertz CT molecular complexity index is 484. The molecule has 1 rings (SSSR count). The molecule has 0 fully saturated rings. The summed E-state index contributed by atoms with van der Waals surface area (Å²) in [5.41, 5.74) is 0.902. The molecule has 1 amide bonds. The maximum atomic E-state index is 12.1. The van der Waals surface area contributed by atoms with Crippen LogP contribution in [-0.4, -0.2) is 46.7 Å². The molecule has 0 spiro atoms. The second-order valence-corrected chi connectivity index (χ2v) is 4.84. The lowest BCUT2D eigenvalue weighted by Crippen LogP contribution is -2.37. The van der Waals surface area contributed by atoms with Gasteiger partial charge in [0.1, 0.15) is 0 Å². The molecule has 0 saturated carbocycles. The van der Waals surface area contributed by atoms with Crippen molar-refractivity contribution in [2.24, 2.45) is 5.92 Å². The van der Waals surface area contributed by atoms with Crippen LogP contribution in [0.4, 0.5) is 0 Å². The summed E-state index contributed by atoms with van der Waals surface area (Å²) >= 11 is 0. The van der Waals surface area contributed by atoms with Crippen molar-refractivity contribution in [3.8, 4) is 0 Å². The molecular weight excluding hydrogens is 270 g/mol. The largest absolute Gasteiger partial charge is 0.481 e. The van der Waals surface area contributed by atoms with Crippen molar-refractivity contribution < 1.29 is 19.8 Å². The van der Waals surface area contributed by atoms with Crippen LogP contribution in [0.1, 0.15) is 18.9 Å². The number of nitrogens with zero attached hydrogens (tertiary/aromatic N) is 1. The van der Waals surface area contributed by atoms with Gasteiger partial charge in [-0.15, -0.1) is 0 Å². The van der Waals surface area contributed by atoms with Gasteiger partial charge in [0.2, 0.25) is 5.91 Å². The van der Waals surface area contributed by atoms with Crippen LogP contribution in [0.25, 0.3) is 6.08 Å². The summed E-state index contributed by atoms with van der Waals surface area (Å²) in [6, 6.07) is 9.39. The predicted molar refractivity (Wildman–Crippen MR) is 80.6 cm³/mol. The fourth-order valence-electron chi connectivity index (χ4n) is 1.80. The molecule has 0 aliphatic carbocycles. The van der Waals surface area contributed by atoms with Crippen molar-refractivity contribution in [1.29, 1.82) is 0 Å². The number of carboxylic acids is 1. The number of hydrogen-bond acceptors (Lipinski definition) is 3. The van der Waals surface area contributed by atoms with E-state index >= 15 is 0 Å². The molecule has 1 aromatic rings. The molecule has 21 heavy (non-hydrogen) atoms. The quantitative estimate of drug-likeness (QED) is 0.714. The lowest BCUT2D eigenvalue weighted by molar-refractivity contribution is -0.142. The van der Waals surface area contributed by atoms with Gasteiger partial charge in [-0.3, -0.25) is 9.59 Å². The molecule has 0 radical (unpaired) electrons. The highest BCUT2D eigenvalue weighted by molar-refractivity contribution is 5.92. The number of rotatable bonds is 8. The molecule has 5 heteroatoms. The molecule has 0 heterocycles. The van der Waals surface area contributed by atoms with Crippen LogP contribution in [0, 0.1) is 5.92 Å². The van der Waals surface area contributed by atoms with Crippen LogP contribution in [0.15, 0.2) is 36.4 Å². The number of carboxylic acid groups (broad SMARTS) is 1. The van der Waals surface area contributed by atoms with Crippen LogP contribution < -0.4 is 0 Å². The highest BCUT2D eigenvalue weighted by Crippen LogP contribution is 2.06. The van der Waals surface area contributed by atoms with Crippen molar-refractivity contribution >= 4 is 18.0 Å². The van der Waals surface area contributed by atoms with Crippen LogP contribution in [0.2, 0.25) is 0 Å². The summed E-state index contributed by atoms with van der Waals surface area (Å²) < 4.78 is 0. The van der Waals surface area contributed by atoms with Gasteiger partial charge >= 0.3 is 5.97 Å². The Morgan fingerprint density at radius 3 is 2.52 bits per heavy atom. The molecular formula is C16H21NO4. The van der Waals surface area contributed by atoms with Crippen molar-refractivity contribution in [2.75, 3.05) is 19.7 Å². The van der Waals surface area contributed by atoms with Gasteiger partial charge in [-0.1, -0.05) is 37.3 Å². The van der Waals surface area contributed by atoms with E-state index in [-0.39, 0.29) is 19.1 Å². The molecule has 2 N–H and O–H groups in total. The molecule has 5 nitrogen and oxygen atoms in total. The molecule has 0 aromatic heterocycles. The number of aliphatic hydroxyl groups is 1. The first kappa shape index (κ1) is 16.9. The van der Waals surface area contributed by atoms with E-state index in [1.807, 2.05) is 30.3 Å². The third-order valence-corrected chi connectivity index (χ3v) is 3.03. The number of aliphatic hydroxyl groups excluding tert-OH is 1. The minimum atomic E-state index is -0.941. The Morgan fingerprint density at radius 2 is 1.95 bits per heavy atom. The second-order valence-electron chi connectivity index (χ2n) is 4.84. The van der Waals surface area contributed by atoms with E-state index in [1.54, 1.807) is 13.0 Å². The monoisotopic (exact) mass is 291 g/mol. The number of carbonyl (C=O) groups excluding carboxylic acids is 1. The maximum Gasteiger partial charge on any atom is 0.308 e. The van der Waals surface area contributed by atoms with Crippen molar-refractivity contribution in [1.82, 2.24) is 4.90 Å². The van der Waals surface area contributed by atoms with Crippen molar-refractivity contribution in [3.63, 3.8) is 0 Å². The van der Waals surface area contributed by atoms with Crippen LogP contribution in [0.3, 0.4) is 0 Å². The Labute approximate surface area is 124 Å². The molecule has 114 valence electrons. The summed E-state index contributed by atoms with van der Waals surface area (Å²) in [7, 11) is 0. The van der Waals surface area contributed by atoms with Crippen LogP contribution in [0.5, 0.6) is 0 Å². The van der Waals surface area contributed by atoms with Crippen molar-refractivity contribution in [3.05, 3.63) is 42.0 Å². The summed E-state index contributed by atoms with van der Waals surface area (Å²) in [5.74, 6) is -1.83. The first-order valence-electron chi connectivity index (χ1n) is 6.90. The van der Waals surface area contributed by atoms with Crippen LogP contribution in [-0.2, 0) is 9.59 Å². The van der Waals surface area contributed by atoms with E-state index in [1.165, 1.54) is 11.0 Å². The van der Waals surface area contributed by atoms with Gasteiger partial charge in [0, 0.05) is 25.8 Å². The van der Waals surface area contributed by atoms with E-state index in [2.05, 4.69) is 0 Å². The average Bonchev–Trinajstić information content (AvgIpc) is 2.49. The van der Waals surface area contributed by atoms with Gasteiger partial charge in [0.25, 0.3) is 0 Å². The average molecular weight is 291 g/mol. The fourth-order valence-corrected chi connectivity index (χ4v) is 1.80. The Hall–Kier alpha value is -2.14. The van der Waals surface area contributed by atoms with Gasteiger partial charge in [-0.25, -0.2) is 0 Å². The van der Waals surface area contributed by atoms with E-state index in [4.69, 9.17) is 10.2 Å². The van der Waals surface area contributed by atoms with Crippen molar-refractivity contribution in [2.45, 2.75) is 13.3 Å². The Morgan fingerprint density at radius 1 is 1.29 bits per heavy atom. The zero-order chi connectivity index (χ0) is 15.7. The number of carbonyl (C=O) groups is 2. The number of amides is 1. The molecule has 1 aromatic carbocycles. The number of benzene rings is 1. The topological polar surface area (TPSA) is 77.8 Å². The predicted octanol–water partition coefficient (Wildman–Crippen LogP) is 1.63. The lowest BCUT2D eigenvalue weighted by atomic mass is 10.1. The van der Waals surface area contributed by atoms with E-state index in [0.717, 1.165) is 5.56 Å². The number of hydrogen-bond donors (Lipinski definition) is 2. The minimum Gasteiger partial charge on any atom is -0.481 e. The molecule has 0 saturated heterocycles. The third kappa shape index (κ3) is 6.23. The minimum absolute atomic E-state index is 0.0341. The van der Waals surface area contributed by atoms with Gasteiger partial charge < -0.3 is 15.1 Å². The second kappa shape index (κ2) is 8.92. The summed E-state index contributed by atoms with van der Waals surface area (Å²) in [6.07, 6.45) is 3.55. The molecule has 0 aliphatic heterocycles. The normalized spacial score (nSPS) is 12.3. The standard InChI is InChI=1S/C16H21NO4/c1-13(16(20)21)12-17(10-5-11-18)15(19)9-8-14-6-3-2-4-7-14/h2-4,6-9,13,18H,5,10-12H2,1H3,(H,20,21)/b9-8+. The van der Waals surface area contributed by atoms with E-state index in [9.17, 15) is 9.59 Å². The smallest absolute Gasteiger partial charge is 0.308 e. The summed E-state index contributed by atoms with van der Waals surface area (Å²) in [5, 5.41) is 17.8. The highest BCUT2D eigenvalue weighted by atomic mass is 16.4. The van der Waals surface area contributed by atoms with Gasteiger partial charge in [-0.2, -0.15) is 0 Å². The van der Waals surface area contributed by atoms with Gasteiger partial charge in [0.05, 0.1) is 5.92 Å². The molecule has 1 atom stereocenters. The van der Waals surface area contributed by atoms with Gasteiger partial charge in [0.15, 0.2) is 0 Å². The third-order valence-electron chi connectivity index (χ3n) is 3.03. The SMILES string of the molecule is CC(CN(CCCO)C(=O)/C=C/c1ccccc1)C(=O)O. The maximum absolute atomic E-state index is 12.1. The van der Waals surface area contributed by atoms with Gasteiger partial charge in [-0.05, 0) is 18.1 Å². The zero-order valence-corrected chi connectivity index (χ0v) is 12.1. The van der Waals surface area contributed by atoms with E-state index in [0.29, 0.717) is 13.0 Å². The fraction of sp³-hybridized carbons (Fsp3) is 0.375. The van der Waals surface area contributed by atoms with Crippen LogP contribution >= 0.6 is 0 Å². The Balaban J connectivity index is 2.70. The molecule has 1 unspecified atom stereocenters.